The Morgan fingerprint density at radius 3 is 2.65 bits per heavy atom. The molecule has 5 N–H and O–H groups in total. The number of H-pyrrole nitrogens is 1. The number of halogens is 3. The number of alkyl halides is 3. The van der Waals surface area contributed by atoms with Gasteiger partial charge in [-0.05, 0) is 41.3 Å². The number of nitrogens with one attached hydrogen (secondary N) is 3. The third-order valence-electron chi connectivity index (χ3n) is 4.80. The van der Waals surface area contributed by atoms with Crippen molar-refractivity contribution in [2.24, 2.45) is 5.73 Å². The Morgan fingerprint density at radius 1 is 1.16 bits per heavy atom. The fourth-order valence-corrected chi connectivity index (χ4v) is 3.99. The van der Waals surface area contributed by atoms with Crippen LogP contribution in [-0.4, -0.2) is 22.4 Å². The zero-order valence-corrected chi connectivity index (χ0v) is 16.8. The molecule has 0 bridgehead atoms. The number of nitrogens with zero attached hydrogens (tertiary/aromatic N) is 1. The zero-order chi connectivity index (χ0) is 22.0. The lowest BCUT2D eigenvalue weighted by Gasteiger charge is -2.18. The molecule has 0 aliphatic rings. The van der Waals surface area contributed by atoms with Crippen LogP contribution in [0.25, 0.3) is 11.0 Å². The standard InChI is InChI=1S/C21H18F3N5OS/c22-21(23,24)13-3-1-12(2-4-13)17(11-25)28-19(30)15-7-10-31-20(15)29-16-6-9-27-18-14(16)5-8-26-18/h1-10,17H,11,25H2,(H,28,30)(H2,26,27,29). The quantitative estimate of drug-likeness (QED) is 0.342. The second kappa shape index (κ2) is 8.40. The van der Waals surface area contributed by atoms with Gasteiger partial charge in [-0.2, -0.15) is 13.2 Å². The lowest BCUT2D eigenvalue weighted by Crippen LogP contribution is -2.33. The molecular weight excluding hydrogens is 427 g/mol. The van der Waals surface area contributed by atoms with Crippen molar-refractivity contribution in [2.75, 3.05) is 11.9 Å². The van der Waals surface area contributed by atoms with Gasteiger partial charge in [-0.15, -0.1) is 11.3 Å². The molecule has 0 aliphatic heterocycles. The maximum absolute atomic E-state index is 12.9. The monoisotopic (exact) mass is 445 g/mol. The second-order valence-corrected chi connectivity index (χ2v) is 7.68. The molecule has 0 saturated heterocycles. The van der Waals surface area contributed by atoms with Crippen molar-refractivity contribution in [3.8, 4) is 0 Å². The van der Waals surface area contributed by atoms with E-state index in [1.54, 1.807) is 23.8 Å². The van der Waals surface area contributed by atoms with Crippen LogP contribution >= 0.6 is 11.3 Å². The summed E-state index contributed by atoms with van der Waals surface area (Å²) in [6, 6.07) is 9.36. The number of nitrogens with two attached hydrogens (primary N) is 1. The minimum absolute atomic E-state index is 0.0400. The maximum atomic E-state index is 12.9. The average Bonchev–Trinajstić information content (AvgIpc) is 3.41. The van der Waals surface area contributed by atoms with Gasteiger partial charge in [0.25, 0.3) is 5.91 Å². The number of rotatable bonds is 6. The number of hydrogen-bond donors (Lipinski definition) is 4. The van der Waals surface area contributed by atoms with E-state index in [1.165, 1.54) is 23.5 Å². The van der Waals surface area contributed by atoms with Gasteiger partial charge in [0.15, 0.2) is 0 Å². The second-order valence-electron chi connectivity index (χ2n) is 6.77. The molecule has 3 aromatic heterocycles. The summed E-state index contributed by atoms with van der Waals surface area (Å²) in [5, 5.41) is 9.36. The summed E-state index contributed by atoms with van der Waals surface area (Å²) in [5.41, 5.74) is 7.45. The number of benzene rings is 1. The molecule has 1 aromatic carbocycles. The third-order valence-corrected chi connectivity index (χ3v) is 5.63. The summed E-state index contributed by atoms with van der Waals surface area (Å²) in [6.07, 6.45) is -0.987. The van der Waals surface area contributed by atoms with Crippen LogP contribution in [0.2, 0.25) is 0 Å². The highest BCUT2D eigenvalue weighted by molar-refractivity contribution is 7.14. The number of aromatic nitrogens is 2. The molecule has 10 heteroatoms. The number of carbonyl (C=O) groups excluding carboxylic acids is 1. The highest BCUT2D eigenvalue weighted by atomic mass is 32.1. The van der Waals surface area contributed by atoms with Crippen LogP contribution in [-0.2, 0) is 6.18 Å². The molecular formula is C21H18F3N5OS. The van der Waals surface area contributed by atoms with Gasteiger partial charge in [-0.3, -0.25) is 4.79 Å². The molecule has 31 heavy (non-hydrogen) atoms. The normalized spacial score (nSPS) is 12.6. The van der Waals surface area contributed by atoms with E-state index in [0.717, 1.165) is 28.9 Å². The van der Waals surface area contributed by atoms with Crippen LogP contribution in [0.1, 0.15) is 27.5 Å². The molecule has 3 heterocycles. The number of thiophene rings is 1. The number of anilines is 2. The number of fused-ring (bicyclic) bond motifs is 1. The summed E-state index contributed by atoms with van der Waals surface area (Å²) >= 11 is 1.36. The topological polar surface area (TPSA) is 95.8 Å². The molecule has 1 amide bonds. The van der Waals surface area contributed by atoms with E-state index in [1.807, 2.05) is 12.1 Å². The van der Waals surface area contributed by atoms with E-state index in [0.29, 0.717) is 16.1 Å². The number of hydrogen-bond acceptors (Lipinski definition) is 5. The predicted octanol–water partition coefficient (Wildman–Crippen LogP) is 4.82. The molecule has 0 radical (unpaired) electrons. The summed E-state index contributed by atoms with van der Waals surface area (Å²) in [5.74, 6) is -0.376. The van der Waals surface area contributed by atoms with Crippen LogP contribution < -0.4 is 16.4 Å². The molecule has 0 fully saturated rings. The van der Waals surface area contributed by atoms with Crippen molar-refractivity contribution in [3.63, 3.8) is 0 Å². The Bertz CT molecular complexity index is 1200. The van der Waals surface area contributed by atoms with E-state index in [-0.39, 0.29) is 12.5 Å². The number of aromatic amines is 1. The fraction of sp³-hybridized carbons (Fsp3) is 0.143. The molecule has 4 aromatic rings. The van der Waals surface area contributed by atoms with E-state index in [2.05, 4.69) is 20.6 Å². The Morgan fingerprint density at radius 2 is 1.94 bits per heavy atom. The average molecular weight is 445 g/mol. The van der Waals surface area contributed by atoms with Gasteiger partial charge < -0.3 is 21.4 Å². The Kier molecular flexibility index (Phi) is 5.66. The molecule has 4 rings (SSSR count). The third kappa shape index (κ3) is 4.39. The minimum Gasteiger partial charge on any atom is -0.346 e. The molecule has 1 atom stereocenters. The largest absolute Gasteiger partial charge is 0.416 e. The first kappa shape index (κ1) is 20.9. The molecule has 0 saturated carbocycles. The van der Waals surface area contributed by atoms with Gasteiger partial charge in [0.05, 0.1) is 22.9 Å². The number of amides is 1. The van der Waals surface area contributed by atoms with E-state index >= 15 is 0 Å². The molecule has 160 valence electrons. The summed E-state index contributed by atoms with van der Waals surface area (Å²) in [7, 11) is 0. The summed E-state index contributed by atoms with van der Waals surface area (Å²) < 4.78 is 38.4. The molecule has 6 nitrogen and oxygen atoms in total. The van der Waals surface area contributed by atoms with Crippen LogP contribution in [0.15, 0.2) is 60.2 Å². The Balaban J connectivity index is 1.52. The Hall–Kier alpha value is -3.37. The van der Waals surface area contributed by atoms with Crippen molar-refractivity contribution < 1.29 is 18.0 Å². The van der Waals surface area contributed by atoms with Gasteiger partial charge in [0, 0.05) is 24.3 Å². The van der Waals surface area contributed by atoms with E-state index < -0.39 is 17.8 Å². The lowest BCUT2D eigenvalue weighted by molar-refractivity contribution is -0.137. The van der Waals surface area contributed by atoms with Crippen molar-refractivity contribution in [1.82, 2.24) is 15.3 Å². The van der Waals surface area contributed by atoms with Gasteiger partial charge in [0.2, 0.25) is 0 Å². The first-order chi connectivity index (χ1) is 14.9. The van der Waals surface area contributed by atoms with E-state index in [4.69, 9.17) is 5.73 Å². The number of pyridine rings is 1. The SMILES string of the molecule is NCC(NC(=O)c1ccsc1Nc1ccnc2[nH]ccc12)c1ccc(C(F)(F)F)cc1. The first-order valence-electron chi connectivity index (χ1n) is 9.31. The lowest BCUT2D eigenvalue weighted by atomic mass is 10.0. The van der Waals surface area contributed by atoms with Crippen molar-refractivity contribution in [1.29, 1.82) is 0 Å². The van der Waals surface area contributed by atoms with Crippen LogP contribution in [0.5, 0.6) is 0 Å². The minimum atomic E-state index is -4.42. The molecule has 0 spiro atoms. The van der Waals surface area contributed by atoms with Crippen LogP contribution in [0.3, 0.4) is 0 Å². The Labute approximate surface area is 179 Å². The predicted molar refractivity (Wildman–Crippen MR) is 114 cm³/mol. The van der Waals surface area contributed by atoms with Gasteiger partial charge >= 0.3 is 6.18 Å². The fourth-order valence-electron chi connectivity index (χ4n) is 3.20. The smallest absolute Gasteiger partial charge is 0.346 e. The van der Waals surface area contributed by atoms with Crippen molar-refractivity contribution in [3.05, 3.63) is 76.9 Å². The summed E-state index contributed by atoms with van der Waals surface area (Å²) in [6.45, 7) is 0.0400. The van der Waals surface area contributed by atoms with Gasteiger partial charge in [-0.25, -0.2) is 4.98 Å². The highest BCUT2D eigenvalue weighted by Crippen LogP contribution is 2.32. The maximum Gasteiger partial charge on any atom is 0.416 e. The van der Waals surface area contributed by atoms with E-state index in [9.17, 15) is 18.0 Å². The number of carbonyl (C=O) groups is 1. The first-order valence-corrected chi connectivity index (χ1v) is 10.2. The van der Waals surface area contributed by atoms with Crippen molar-refractivity contribution in [2.45, 2.75) is 12.2 Å². The van der Waals surface area contributed by atoms with Crippen LogP contribution in [0, 0.1) is 0 Å². The molecule has 1 unspecified atom stereocenters. The highest BCUT2D eigenvalue weighted by Gasteiger charge is 2.30. The molecule has 0 aliphatic carbocycles. The van der Waals surface area contributed by atoms with Crippen LogP contribution in [0.4, 0.5) is 23.9 Å². The van der Waals surface area contributed by atoms with Gasteiger partial charge in [-0.1, -0.05) is 12.1 Å². The summed E-state index contributed by atoms with van der Waals surface area (Å²) in [4.78, 5) is 20.2. The zero-order valence-electron chi connectivity index (χ0n) is 16.0. The van der Waals surface area contributed by atoms with Gasteiger partial charge in [0.1, 0.15) is 10.6 Å². The van der Waals surface area contributed by atoms with Crippen molar-refractivity contribution >= 4 is 39.0 Å².